The van der Waals surface area contributed by atoms with Crippen LogP contribution < -0.4 is 5.73 Å². The first-order valence-electron chi connectivity index (χ1n) is 7.03. The lowest BCUT2D eigenvalue weighted by Gasteiger charge is -2.17. The normalized spacial score (nSPS) is 20.8. The van der Waals surface area contributed by atoms with E-state index in [0.717, 1.165) is 31.4 Å². The standard InChI is InChI=1S/C16H20N2O/c17-13(11-14-4-3-9-19-14)10-12-7-8-18-16-6-2-1-5-15(12)16/h1-2,5-8,13-14H,3-4,9-11,17H2. The van der Waals surface area contributed by atoms with Crippen molar-refractivity contribution >= 4 is 10.9 Å². The molecular weight excluding hydrogens is 236 g/mol. The van der Waals surface area contributed by atoms with Crippen LogP contribution in [-0.2, 0) is 11.2 Å². The summed E-state index contributed by atoms with van der Waals surface area (Å²) >= 11 is 0. The number of para-hydroxylation sites is 1. The van der Waals surface area contributed by atoms with Crippen molar-refractivity contribution in [3.63, 3.8) is 0 Å². The van der Waals surface area contributed by atoms with Crippen LogP contribution in [0.1, 0.15) is 24.8 Å². The van der Waals surface area contributed by atoms with Gasteiger partial charge in [-0.2, -0.15) is 0 Å². The van der Waals surface area contributed by atoms with E-state index < -0.39 is 0 Å². The lowest BCUT2D eigenvalue weighted by molar-refractivity contribution is 0.0983. The third-order valence-corrected chi connectivity index (χ3v) is 3.81. The number of hydrogen-bond acceptors (Lipinski definition) is 3. The molecule has 2 unspecified atom stereocenters. The highest BCUT2D eigenvalue weighted by atomic mass is 16.5. The Bertz CT molecular complexity index is 544. The third kappa shape index (κ3) is 2.94. The van der Waals surface area contributed by atoms with Gasteiger partial charge in [-0.3, -0.25) is 4.98 Å². The molecule has 2 atom stereocenters. The van der Waals surface area contributed by atoms with Crippen LogP contribution in [0.15, 0.2) is 36.5 Å². The molecular formula is C16H20N2O. The maximum absolute atomic E-state index is 6.28. The van der Waals surface area contributed by atoms with Crippen LogP contribution in [0.5, 0.6) is 0 Å². The predicted octanol–water partition coefficient (Wildman–Crippen LogP) is 2.67. The average Bonchev–Trinajstić information content (AvgIpc) is 2.92. The minimum atomic E-state index is 0.161. The number of nitrogens with zero attached hydrogens (tertiary/aromatic N) is 1. The van der Waals surface area contributed by atoms with E-state index >= 15 is 0 Å². The smallest absolute Gasteiger partial charge is 0.0704 e. The maximum atomic E-state index is 6.28. The molecule has 1 saturated heterocycles. The summed E-state index contributed by atoms with van der Waals surface area (Å²) in [6.45, 7) is 0.898. The van der Waals surface area contributed by atoms with Crippen molar-refractivity contribution in [1.82, 2.24) is 4.98 Å². The molecule has 0 amide bonds. The van der Waals surface area contributed by atoms with E-state index in [4.69, 9.17) is 10.5 Å². The van der Waals surface area contributed by atoms with Gasteiger partial charge >= 0.3 is 0 Å². The molecule has 0 bridgehead atoms. The quantitative estimate of drug-likeness (QED) is 0.915. The van der Waals surface area contributed by atoms with Gasteiger partial charge in [0.25, 0.3) is 0 Å². The zero-order valence-electron chi connectivity index (χ0n) is 11.1. The number of aromatic nitrogens is 1. The van der Waals surface area contributed by atoms with Crippen LogP contribution in [0.2, 0.25) is 0 Å². The molecule has 1 aromatic heterocycles. The third-order valence-electron chi connectivity index (χ3n) is 3.81. The predicted molar refractivity (Wildman–Crippen MR) is 77.0 cm³/mol. The molecule has 1 aliphatic rings. The van der Waals surface area contributed by atoms with Gasteiger partial charge in [0.05, 0.1) is 11.6 Å². The Hall–Kier alpha value is -1.45. The van der Waals surface area contributed by atoms with Crippen molar-refractivity contribution in [2.24, 2.45) is 5.73 Å². The molecule has 0 aliphatic carbocycles. The van der Waals surface area contributed by atoms with Crippen molar-refractivity contribution in [3.05, 3.63) is 42.1 Å². The van der Waals surface area contributed by atoms with Crippen LogP contribution in [0.4, 0.5) is 0 Å². The molecule has 2 N–H and O–H groups in total. The number of rotatable bonds is 4. The molecule has 1 aliphatic heterocycles. The Morgan fingerprint density at radius 3 is 3.05 bits per heavy atom. The molecule has 3 heteroatoms. The fourth-order valence-electron chi connectivity index (χ4n) is 2.87. The summed E-state index contributed by atoms with van der Waals surface area (Å²) in [7, 11) is 0. The van der Waals surface area contributed by atoms with Gasteiger partial charge in [-0.25, -0.2) is 0 Å². The van der Waals surface area contributed by atoms with Gasteiger partial charge in [-0.1, -0.05) is 18.2 Å². The Morgan fingerprint density at radius 1 is 1.32 bits per heavy atom. The number of pyridine rings is 1. The summed E-state index contributed by atoms with van der Waals surface area (Å²) in [5, 5.41) is 1.22. The van der Waals surface area contributed by atoms with Gasteiger partial charge in [0.15, 0.2) is 0 Å². The first-order chi connectivity index (χ1) is 9.33. The van der Waals surface area contributed by atoms with Crippen molar-refractivity contribution in [3.8, 4) is 0 Å². The van der Waals surface area contributed by atoms with Gasteiger partial charge < -0.3 is 10.5 Å². The van der Waals surface area contributed by atoms with Gasteiger partial charge in [0, 0.05) is 24.2 Å². The molecule has 0 saturated carbocycles. The summed E-state index contributed by atoms with van der Waals surface area (Å²) in [4.78, 5) is 4.39. The van der Waals surface area contributed by atoms with Gasteiger partial charge in [-0.15, -0.1) is 0 Å². The molecule has 2 aromatic rings. The summed E-state index contributed by atoms with van der Waals surface area (Å²) in [6.07, 6.45) is 6.42. The second kappa shape index (κ2) is 5.68. The monoisotopic (exact) mass is 256 g/mol. The Balaban J connectivity index is 1.73. The molecule has 2 heterocycles. The number of fused-ring (bicyclic) bond motifs is 1. The van der Waals surface area contributed by atoms with Crippen LogP contribution in [0.25, 0.3) is 10.9 Å². The van der Waals surface area contributed by atoms with E-state index in [2.05, 4.69) is 23.2 Å². The fourth-order valence-corrected chi connectivity index (χ4v) is 2.87. The van der Waals surface area contributed by atoms with E-state index in [9.17, 15) is 0 Å². The second-order valence-electron chi connectivity index (χ2n) is 5.32. The zero-order valence-corrected chi connectivity index (χ0v) is 11.1. The molecule has 100 valence electrons. The maximum Gasteiger partial charge on any atom is 0.0704 e. The first kappa shape index (κ1) is 12.6. The largest absolute Gasteiger partial charge is 0.378 e. The highest BCUT2D eigenvalue weighted by Crippen LogP contribution is 2.21. The zero-order chi connectivity index (χ0) is 13.1. The van der Waals surface area contributed by atoms with Gasteiger partial charge in [0.2, 0.25) is 0 Å². The molecule has 0 radical (unpaired) electrons. The van der Waals surface area contributed by atoms with Gasteiger partial charge in [0.1, 0.15) is 0 Å². The Kier molecular flexibility index (Phi) is 3.76. The highest BCUT2D eigenvalue weighted by molar-refractivity contribution is 5.81. The van der Waals surface area contributed by atoms with Crippen LogP contribution in [0, 0.1) is 0 Å². The lowest BCUT2D eigenvalue weighted by Crippen LogP contribution is -2.28. The molecule has 0 spiro atoms. The van der Waals surface area contributed by atoms with Crippen molar-refractivity contribution in [2.75, 3.05) is 6.61 Å². The Morgan fingerprint density at radius 2 is 2.21 bits per heavy atom. The van der Waals surface area contributed by atoms with E-state index in [-0.39, 0.29) is 6.04 Å². The molecule has 1 fully saturated rings. The molecule has 1 aromatic carbocycles. The van der Waals surface area contributed by atoms with Crippen LogP contribution in [0.3, 0.4) is 0 Å². The lowest BCUT2D eigenvalue weighted by atomic mass is 9.98. The van der Waals surface area contributed by atoms with E-state index in [1.54, 1.807) is 0 Å². The number of nitrogens with two attached hydrogens (primary N) is 1. The molecule has 19 heavy (non-hydrogen) atoms. The van der Waals surface area contributed by atoms with Gasteiger partial charge in [-0.05, 0) is 43.4 Å². The highest BCUT2D eigenvalue weighted by Gasteiger charge is 2.19. The Labute approximate surface area is 113 Å². The van der Waals surface area contributed by atoms with E-state index in [0.29, 0.717) is 6.10 Å². The summed E-state index contributed by atoms with van der Waals surface area (Å²) in [6, 6.07) is 10.5. The van der Waals surface area contributed by atoms with Crippen LogP contribution in [-0.4, -0.2) is 23.7 Å². The number of hydrogen-bond donors (Lipinski definition) is 1. The number of ether oxygens (including phenoxy) is 1. The van der Waals surface area contributed by atoms with Crippen LogP contribution >= 0.6 is 0 Å². The molecule has 3 rings (SSSR count). The van der Waals surface area contributed by atoms with Crippen molar-refractivity contribution in [1.29, 1.82) is 0 Å². The minimum absolute atomic E-state index is 0.161. The SMILES string of the molecule is NC(Cc1ccnc2ccccc12)CC1CCCO1. The van der Waals surface area contributed by atoms with Crippen molar-refractivity contribution < 1.29 is 4.74 Å². The summed E-state index contributed by atoms with van der Waals surface area (Å²) in [5.74, 6) is 0. The minimum Gasteiger partial charge on any atom is -0.378 e. The molecule has 3 nitrogen and oxygen atoms in total. The summed E-state index contributed by atoms with van der Waals surface area (Å²) in [5.41, 5.74) is 8.61. The summed E-state index contributed by atoms with van der Waals surface area (Å²) < 4.78 is 5.66. The number of benzene rings is 1. The average molecular weight is 256 g/mol. The van der Waals surface area contributed by atoms with E-state index in [1.807, 2.05) is 18.3 Å². The second-order valence-corrected chi connectivity index (χ2v) is 5.32. The fraction of sp³-hybridized carbons (Fsp3) is 0.438. The van der Waals surface area contributed by atoms with E-state index in [1.165, 1.54) is 17.4 Å². The topological polar surface area (TPSA) is 48.1 Å². The first-order valence-corrected chi connectivity index (χ1v) is 7.03. The van der Waals surface area contributed by atoms with Crippen molar-refractivity contribution in [2.45, 2.75) is 37.8 Å².